The van der Waals surface area contributed by atoms with Gasteiger partial charge in [0.1, 0.15) is 12.0 Å². The van der Waals surface area contributed by atoms with Gasteiger partial charge in [-0.3, -0.25) is 5.43 Å². The number of hydrogen-bond donors (Lipinski definition) is 1. The normalized spacial score (nSPS) is 12.0. The van der Waals surface area contributed by atoms with E-state index in [2.05, 4.69) is 37.2 Å². The number of alkyl halides is 3. The topological polar surface area (TPSA) is 55.1 Å². The van der Waals surface area contributed by atoms with Gasteiger partial charge in [-0.25, -0.2) is 9.97 Å². The number of hydrazone groups is 1. The Kier molecular flexibility index (Phi) is 5.46. The minimum absolute atomic E-state index is 0.542. The van der Waals surface area contributed by atoms with Gasteiger partial charge in [-0.05, 0) is 42.7 Å². The molecule has 0 radical (unpaired) electrons. The Morgan fingerprint density at radius 1 is 1.00 bits per heavy atom. The van der Waals surface area contributed by atoms with Crippen molar-refractivity contribution >= 4 is 23.1 Å². The molecule has 0 aliphatic heterocycles. The Morgan fingerprint density at radius 3 is 2.39 bits per heavy atom. The summed E-state index contributed by atoms with van der Waals surface area (Å²) < 4.78 is 40.2. The SMILES string of the molecule is Cc1c(C)n(Cc2ccccc2)c2ncnc(N/N=C/c3ccc(C(F)(F)F)cc3)c12. The first-order valence-electron chi connectivity index (χ1n) is 9.65. The van der Waals surface area contributed by atoms with Crippen LogP contribution < -0.4 is 5.43 Å². The van der Waals surface area contributed by atoms with Crippen LogP contribution in [0.4, 0.5) is 19.0 Å². The van der Waals surface area contributed by atoms with E-state index >= 15 is 0 Å². The first-order chi connectivity index (χ1) is 14.8. The van der Waals surface area contributed by atoms with Gasteiger partial charge in [0.2, 0.25) is 0 Å². The van der Waals surface area contributed by atoms with E-state index in [1.165, 1.54) is 24.7 Å². The molecule has 2 aromatic carbocycles. The van der Waals surface area contributed by atoms with Crippen molar-refractivity contribution in [2.24, 2.45) is 5.10 Å². The van der Waals surface area contributed by atoms with E-state index in [0.29, 0.717) is 17.9 Å². The molecule has 0 unspecified atom stereocenters. The number of halogens is 3. The van der Waals surface area contributed by atoms with Gasteiger partial charge in [-0.2, -0.15) is 18.3 Å². The number of aromatic nitrogens is 3. The van der Waals surface area contributed by atoms with Gasteiger partial charge in [-0.15, -0.1) is 0 Å². The molecule has 0 aliphatic rings. The van der Waals surface area contributed by atoms with Gasteiger partial charge in [0.05, 0.1) is 17.2 Å². The van der Waals surface area contributed by atoms with Crippen LogP contribution >= 0.6 is 0 Å². The van der Waals surface area contributed by atoms with Crippen LogP contribution in [0.25, 0.3) is 11.0 Å². The highest BCUT2D eigenvalue weighted by Crippen LogP contribution is 2.30. The van der Waals surface area contributed by atoms with E-state index in [4.69, 9.17) is 0 Å². The summed E-state index contributed by atoms with van der Waals surface area (Å²) in [5, 5.41) is 5.02. The minimum atomic E-state index is -4.36. The number of aryl methyl sites for hydroxylation is 1. The summed E-state index contributed by atoms with van der Waals surface area (Å²) in [4.78, 5) is 8.78. The lowest BCUT2D eigenvalue weighted by molar-refractivity contribution is -0.137. The van der Waals surface area contributed by atoms with Crippen molar-refractivity contribution in [3.8, 4) is 0 Å². The second-order valence-electron chi connectivity index (χ2n) is 7.19. The lowest BCUT2D eigenvalue weighted by atomic mass is 10.1. The Balaban J connectivity index is 1.60. The fourth-order valence-electron chi connectivity index (χ4n) is 3.44. The number of nitrogens with zero attached hydrogens (tertiary/aromatic N) is 4. The van der Waals surface area contributed by atoms with Crippen LogP contribution in [0.15, 0.2) is 66.0 Å². The van der Waals surface area contributed by atoms with E-state index in [1.807, 2.05) is 32.0 Å². The summed E-state index contributed by atoms with van der Waals surface area (Å²) in [6.45, 7) is 4.73. The standard InChI is InChI=1S/C23H20F3N5/c1-15-16(2)31(13-18-6-4-3-5-7-18)22-20(15)21(27-14-28-22)30-29-12-17-8-10-19(11-9-17)23(24,25)26/h3-12,14H,13H2,1-2H3,(H,27,28,30)/b29-12+. The maximum atomic E-state index is 12.7. The zero-order chi connectivity index (χ0) is 22.0. The van der Waals surface area contributed by atoms with Gasteiger partial charge in [0.15, 0.2) is 5.82 Å². The van der Waals surface area contributed by atoms with Crippen molar-refractivity contribution in [3.05, 3.63) is 88.9 Å². The average Bonchev–Trinajstić information content (AvgIpc) is 3.00. The first-order valence-corrected chi connectivity index (χ1v) is 9.65. The Bertz CT molecular complexity index is 1230. The van der Waals surface area contributed by atoms with Crippen LogP contribution in [0.3, 0.4) is 0 Å². The molecule has 0 atom stereocenters. The summed E-state index contributed by atoms with van der Waals surface area (Å²) >= 11 is 0. The number of rotatable bonds is 5. The van der Waals surface area contributed by atoms with Crippen molar-refractivity contribution < 1.29 is 13.2 Å². The maximum absolute atomic E-state index is 12.7. The molecular weight excluding hydrogens is 403 g/mol. The third-order valence-electron chi connectivity index (χ3n) is 5.21. The van der Waals surface area contributed by atoms with E-state index in [1.54, 1.807) is 0 Å². The lowest BCUT2D eigenvalue weighted by Crippen LogP contribution is -2.04. The largest absolute Gasteiger partial charge is 0.416 e. The molecule has 0 fully saturated rings. The molecule has 0 saturated carbocycles. The predicted molar refractivity (Wildman–Crippen MR) is 115 cm³/mol. The molecule has 1 N–H and O–H groups in total. The summed E-state index contributed by atoms with van der Waals surface area (Å²) in [6.07, 6.45) is -1.43. The molecule has 0 bridgehead atoms. The van der Waals surface area contributed by atoms with E-state index in [0.717, 1.165) is 40.0 Å². The maximum Gasteiger partial charge on any atom is 0.416 e. The Hall–Kier alpha value is -3.68. The molecule has 4 rings (SSSR count). The van der Waals surface area contributed by atoms with Gasteiger partial charge < -0.3 is 4.57 Å². The van der Waals surface area contributed by atoms with Crippen LogP contribution in [-0.4, -0.2) is 20.7 Å². The first kappa shape index (κ1) is 20.6. The molecule has 0 saturated heterocycles. The molecule has 31 heavy (non-hydrogen) atoms. The predicted octanol–water partition coefficient (Wildman–Crippen LogP) is 5.56. The molecule has 8 heteroatoms. The molecular formula is C23H20F3N5. The third-order valence-corrected chi connectivity index (χ3v) is 5.21. The number of anilines is 1. The van der Waals surface area contributed by atoms with Crippen LogP contribution in [0.1, 0.15) is 27.9 Å². The van der Waals surface area contributed by atoms with E-state index in [-0.39, 0.29) is 0 Å². The van der Waals surface area contributed by atoms with Gasteiger partial charge in [-0.1, -0.05) is 42.5 Å². The second-order valence-corrected chi connectivity index (χ2v) is 7.19. The zero-order valence-electron chi connectivity index (χ0n) is 17.0. The van der Waals surface area contributed by atoms with Crippen molar-refractivity contribution in [1.29, 1.82) is 0 Å². The molecule has 0 aliphatic carbocycles. The Labute approximate surface area is 177 Å². The summed E-state index contributed by atoms with van der Waals surface area (Å²) in [6, 6.07) is 14.9. The fraction of sp³-hybridized carbons (Fsp3) is 0.174. The summed E-state index contributed by atoms with van der Waals surface area (Å²) in [7, 11) is 0. The molecule has 2 heterocycles. The molecule has 2 aromatic heterocycles. The van der Waals surface area contributed by atoms with Crippen molar-refractivity contribution in [2.45, 2.75) is 26.6 Å². The van der Waals surface area contributed by atoms with Crippen molar-refractivity contribution in [2.75, 3.05) is 5.43 Å². The monoisotopic (exact) mass is 423 g/mol. The highest BCUT2D eigenvalue weighted by Gasteiger charge is 2.29. The summed E-state index contributed by atoms with van der Waals surface area (Å²) in [5.74, 6) is 0.542. The average molecular weight is 423 g/mol. The van der Waals surface area contributed by atoms with Gasteiger partial charge in [0.25, 0.3) is 0 Å². The Morgan fingerprint density at radius 2 is 1.71 bits per heavy atom. The van der Waals surface area contributed by atoms with Crippen LogP contribution in [-0.2, 0) is 12.7 Å². The number of benzene rings is 2. The number of fused-ring (bicyclic) bond motifs is 1. The molecule has 5 nitrogen and oxygen atoms in total. The van der Waals surface area contributed by atoms with Gasteiger partial charge >= 0.3 is 6.18 Å². The van der Waals surface area contributed by atoms with Crippen LogP contribution in [0, 0.1) is 13.8 Å². The van der Waals surface area contributed by atoms with E-state index < -0.39 is 11.7 Å². The highest BCUT2D eigenvalue weighted by atomic mass is 19.4. The number of hydrogen-bond acceptors (Lipinski definition) is 4. The minimum Gasteiger partial charge on any atom is -0.325 e. The third kappa shape index (κ3) is 4.28. The number of nitrogens with one attached hydrogen (secondary N) is 1. The lowest BCUT2D eigenvalue weighted by Gasteiger charge is -2.08. The molecule has 0 amide bonds. The molecule has 158 valence electrons. The zero-order valence-corrected chi connectivity index (χ0v) is 17.0. The highest BCUT2D eigenvalue weighted by molar-refractivity contribution is 5.92. The van der Waals surface area contributed by atoms with E-state index in [9.17, 15) is 13.2 Å². The molecule has 4 aromatic rings. The summed E-state index contributed by atoms with van der Waals surface area (Å²) in [5.41, 5.74) is 6.83. The van der Waals surface area contributed by atoms with Gasteiger partial charge in [0, 0.05) is 12.2 Å². The fourth-order valence-corrected chi connectivity index (χ4v) is 3.44. The molecule has 0 spiro atoms. The van der Waals surface area contributed by atoms with Crippen LogP contribution in [0.5, 0.6) is 0 Å². The van der Waals surface area contributed by atoms with Crippen molar-refractivity contribution in [1.82, 2.24) is 14.5 Å². The van der Waals surface area contributed by atoms with Crippen molar-refractivity contribution in [3.63, 3.8) is 0 Å². The quantitative estimate of drug-likeness (QED) is 0.338. The smallest absolute Gasteiger partial charge is 0.325 e. The van der Waals surface area contributed by atoms with Crippen LogP contribution in [0.2, 0.25) is 0 Å². The second kappa shape index (κ2) is 8.22.